The quantitative estimate of drug-likeness (QED) is 0.722. The largest absolute Gasteiger partial charge is 0.473 e. The molecule has 70 valence electrons. The fourth-order valence-electron chi connectivity index (χ4n) is 1.36. The summed E-state index contributed by atoms with van der Waals surface area (Å²) in [7, 11) is 0. The van der Waals surface area contributed by atoms with Gasteiger partial charge in [-0.05, 0) is 25.2 Å². The molecule has 1 atom stereocenters. The van der Waals surface area contributed by atoms with Gasteiger partial charge in [0.05, 0.1) is 0 Å². The van der Waals surface area contributed by atoms with Crippen molar-refractivity contribution in [3.63, 3.8) is 0 Å². The first-order chi connectivity index (χ1) is 6.34. The summed E-state index contributed by atoms with van der Waals surface area (Å²) in [5.41, 5.74) is 1.02. The summed E-state index contributed by atoms with van der Waals surface area (Å²) in [6, 6.07) is 5.89. The maximum Gasteiger partial charge on any atom is 0.213 e. The number of pyridine rings is 1. The molecular weight excluding hydrogens is 182 g/mol. The number of nitrogens with zero attached hydrogens (tertiary/aromatic N) is 1. The Morgan fingerprint density at radius 2 is 2.46 bits per heavy atom. The second-order valence-electron chi connectivity index (χ2n) is 3.22. The highest BCUT2D eigenvalue weighted by Crippen LogP contribution is 2.21. The Morgan fingerprint density at radius 1 is 1.54 bits per heavy atom. The molecule has 1 unspecified atom stereocenters. The maximum atomic E-state index is 5.72. The minimum Gasteiger partial charge on any atom is -0.473 e. The minimum atomic E-state index is 0.374. The van der Waals surface area contributed by atoms with Crippen molar-refractivity contribution >= 4 is 11.8 Å². The summed E-state index contributed by atoms with van der Waals surface area (Å²) in [4.78, 5) is 4.31. The van der Waals surface area contributed by atoms with E-state index in [4.69, 9.17) is 4.74 Å². The van der Waals surface area contributed by atoms with Crippen molar-refractivity contribution in [3.8, 4) is 5.88 Å². The smallest absolute Gasteiger partial charge is 0.213 e. The fourth-order valence-corrected chi connectivity index (χ4v) is 2.45. The first kappa shape index (κ1) is 8.88. The van der Waals surface area contributed by atoms with Crippen LogP contribution in [-0.2, 0) is 0 Å². The van der Waals surface area contributed by atoms with Gasteiger partial charge in [0.2, 0.25) is 5.88 Å². The van der Waals surface area contributed by atoms with Crippen LogP contribution in [0.4, 0.5) is 0 Å². The molecule has 1 aromatic heterocycles. The van der Waals surface area contributed by atoms with Crippen LogP contribution in [0.25, 0.3) is 0 Å². The standard InChI is InChI=1S/C10H13NOS/c1-8-3-2-4-10(11-8)12-9-5-6-13-7-9/h2-4,9H,5-7H2,1H3. The Bertz CT molecular complexity index is 284. The third-order valence-corrected chi connectivity index (χ3v) is 3.17. The van der Waals surface area contributed by atoms with Crippen LogP contribution in [-0.4, -0.2) is 22.6 Å². The number of rotatable bonds is 2. The molecule has 3 heteroatoms. The number of aromatic nitrogens is 1. The molecule has 0 spiro atoms. The van der Waals surface area contributed by atoms with Crippen molar-refractivity contribution in [2.24, 2.45) is 0 Å². The van der Waals surface area contributed by atoms with E-state index in [0.29, 0.717) is 6.10 Å². The van der Waals surface area contributed by atoms with Crippen LogP contribution in [0.1, 0.15) is 12.1 Å². The molecule has 2 heterocycles. The van der Waals surface area contributed by atoms with Crippen LogP contribution in [0.5, 0.6) is 5.88 Å². The van der Waals surface area contributed by atoms with E-state index in [1.807, 2.05) is 36.9 Å². The SMILES string of the molecule is Cc1cccc(OC2CCSC2)n1. The predicted molar refractivity (Wildman–Crippen MR) is 55.3 cm³/mol. The molecule has 0 bridgehead atoms. The minimum absolute atomic E-state index is 0.374. The summed E-state index contributed by atoms with van der Waals surface area (Å²) in [5, 5.41) is 0. The molecule has 0 amide bonds. The van der Waals surface area contributed by atoms with E-state index in [-0.39, 0.29) is 0 Å². The second-order valence-corrected chi connectivity index (χ2v) is 4.37. The van der Waals surface area contributed by atoms with Crippen LogP contribution < -0.4 is 4.74 Å². The Kier molecular flexibility index (Phi) is 2.74. The Morgan fingerprint density at radius 3 is 3.15 bits per heavy atom. The van der Waals surface area contributed by atoms with Crippen molar-refractivity contribution in [1.82, 2.24) is 4.98 Å². The van der Waals surface area contributed by atoms with Gasteiger partial charge in [-0.15, -0.1) is 0 Å². The Balaban J connectivity index is 2.00. The molecule has 0 aromatic carbocycles. The number of aryl methyl sites for hydroxylation is 1. The molecule has 1 saturated heterocycles. The molecule has 1 aromatic rings. The van der Waals surface area contributed by atoms with Gasteiger partial charge in [-0.25, -0.2) is 4.98 Å². The van der Waals surface area contributed by atoms with E-state index in [1.54, 1.807) is 0 Å². The molecular formula is C10H13NOS. The predicted octanol–water partition coefficient (Wildman–Crippen LogP) is 2.27. The average Bonchev–Trinajstić information content (AvgIpc) is 2.57. The first-order valence-electron chi connectivity index (χ1n) is 4.52. The van der Waals surface area contributed by atoms with Crippen molar-refractivity contribution in [2.75, 3.05) is 11.5 Å². The van der Waals surface area contributed by atoms with E-state index in [1.165, 1.54) is 5.75 Å². The Hall–Kier alpha value is -0.700. The van der Waals surface area contributed by atoms with Gasteiger partial charge in [0.1, 0.15) is 6.10 Å². The molecule has 0 saturated carbocycles. The van der Waals surface area contributed by atoms with E-state index in [0.717, 1.165) is 23.7 Å². The number of ether oxygens (including phenoxy) is 1. The van der Waals surface area contributed by atoms with Crippen molar-refractivity contribution in [3.05, 3.63) is 23.9 Å². The van der Waals surface area contributed by atoms with Gasteiger partial charge < -0.3 is 4.74 Å². The molecule has 0 radical (unpaired) electrons. The zero-order chi connectivity index (χ0) is 9.10. The molecule has 2 nitrogen and oxygen atoms in total. The van der Waals surface area contributed by atoms with Crippen molar-refractivity contribution in [2.45, 2.75) is 19.4 Å². The van der Waals surface area contributed by atoms with E-state index in [2.05, 4.69) is 4.98 Å². The summed E-state index contributed by atoms with van der Waals surface area (Å²) >= 11 is 1.95. The number of thioether (sulfide) groups is 1. The molecule has 1 aliphatic heterocycles. The maximum absolute atomic E-state index is 5.72. The van der Waals surface area contributed by atoms with E-state index < -0.39 is 0 Å². The molecule has 0 N–H and O–H groups in total. The molecule has 0 aliphatic carbocycles. The van der Waals surface area contributed by atoms with E-state index >= 15 is 0 Å². The van der Waals surface area contributed by atoms with Crippen molar-refractivity contribution < 1.29 is 4.74 Å². The third-order valence-electron chi connectivity index (χ3n) is 2.04. The van der Waals surface area contributed by atoms with Gasteiger partial charge in [0.25, 0.3) is 0 Å². The highest BCUT2D eigenvalue weighted by Gasteiger charge is 2.17. The summed E-state index contributed by atoms with van der Waals surface area (Å²) in [6.45, 7) is 1.98. The summed E-state index contributed by atoms with van der Waals surface area (Å²) in [6.07, 6.45) is 1.53. The fraction of sp³-hybridized carbons (Fsp3) is 0.500. The van der Waals surface area contributed by atoms with Crippen LogP contribution in [0.2, 0.25) is 0 Å². The highest BCUT2D eigenvalue weighted by atomic mass is 32.2. The number of hydrogen-bond acceptors (Lipinski definition) is 3. The van der Waals surface area contributed by atoms with Crippen LogP contribution >= 0.6 is 11.8 Å². The monoisotopic (exact) mass is 195 g/mol. The highest BCUT2D eigenvalue weighted by molar-refractivity contribution is 7.99. The summed E-state index contributed by atoms with van der Waals surface area (Å²) in [5.74, 6) is 3.10. The number of hydrogen-bond donors (Lipinski definition) is 0. The van der Waals surface area contributed by atoms with Crippen LogP contribution in [0.3, 0.4) is 0 Å². The van der Waals surface area contributed by atoms with E-state index in [9.17, 15) is 0 Å². The lowest BCUT2D eigenvalue weighted by molar-refractivity contribution is 0.220. The first-order valence-corrected chi connectivity index (χ1v) is 5.68. The van der Waals surface area contributed by atoms with Crippen molar-refractivity contribution in [1.29, 1.82) is 0 Å². The Labute approximate surface area is 82.7 Å². The molecule has 1 aliphatic rings. The van der Waals surface area contributed by atoms with Gasteiger partial charge in [-0.2, -0.15) is 11.8 Å². The lowest BCUT2D eigenvalue weighted by Gasteiger charge is -2.11. The zero-order valence-corrected chi connectivity index (χ0v) is 8.51. The van der Waals surface area contributed by atoms with Gasteiger partial charge in [-0.3, -0.25) is 0 Å². The van der Waals surface area contributed by atoms with Gasteiger partial charge in [-0.1, -0.05) is 6.07 Å². The second kappa shape index (κ2) is 4.01. The van der Waals surface area contributed by atoms with Gasteiger partial charge in [0.15, 0.2) is 0 Å². The topological polar surface area (TPSA) is 22.1 Å². The van der Waals surface area contributed by atoms with Crippen LogP contribution in [0.15, 0.2) is 18.2 Å². The zero-order valence-electron chi connectivity index (χ0n) is 7.69. The molecule has 2 rings (SSSR count). The summed E-state index contributed by atoms with van der Waals surface area (Å²) < 4.78 is 5.72. The normalized spacial score (nSPS) is 21.8. The lowest BCUT2D eigenvalue weighted by atomic mass is 10.3. The average molecular weight is 195 g/mol. The lowest BCUT2D eigenvalue weighted by Crippen LogP contribution is -2.15. The van der Waals surface area contributed by atoms with Crippen LogP contribution in [0, 0.1) is 6.92 Å². The third kappa shape index (κ3) is 2.37. The molecule has 1 fully saturated rings. The van der Waals surface area contributed by atoms with Gasteiger partial charge >= 0.3 is 0 Å². The van der Waals surface area contributed by atoms with Gasteiger partial charge in [0, 0.05) is 17.5 Å². The molecule has 13 heavy (non-hydrogen) atoms.